The van der Waals surface area contributed by atoms with Crippen LogP contribution in [0.2, 0.25) is 0 Å². The number of hydrogen-bond donors (Lipinski definition) is 1. The van der Waals surface area contributed by atoms with E-state index in [9.17, 15) is 0 Å². The van der Waals surface area contributed by atoms with Crippen molar-refractivity contribution in [3.63, 3.8) is 0 Å². The fourth-order valence-electron chi connectivity index (χ4n) is 2.32. The zero-order valence-electron chi connectivity index (χ0n) is 12.2. The summed E-state index contributed by atoms with van der Waals surface area (Å²) in [6.07, 6.45) is 0. The predicted octanol–water partition coefficient (Wildman–Crippen LogP) is 1.71. The minimum Gasteiger partial charge on any atom is -0.370 e. The van der Waals surface area contributed by atoms with E-state index in [0.29, 0.717) is 0 Å². The van der Waals surface area contributed by atoms with E-state index in [1.54, 1.807) is 0 Å². The van der Waals surface area contributed by atoms with Crippen molar-refractivity contribution < 1.29 is 0 Å². The maximum Gasteiger partial charge on any atom is 0.193 e. The van der Waals surface area contributed by atoms with Gasteiger partial charge in [-0.2, -0.15) is 0 Å². The lowest BCUT2D eigenvalue weighted by molar-refractivity contribution is 0.534. The Bertz CT molecular complexity index is 442. The highest BCUT2D eigenvalue weighted by molar-refractivity contribution is 5.81. The van der Waals surface area contributed by atoms with E-state index in [1.165, 1.54) is 11.3 Å². The van der Waals surface area contributed by atoms with Gasteiger partial charge in [0.15, 0.2) is 5.96 Å². The topological polar surface area (TPSA) is 30.9 Å². The van der Waals surface area contributed by atoms with Crippen LogP contribution in [0.4, 0.5) is 5.69 Å². The van der Waals surface area contributed by atoms with Crippen LogP contribution in [-0.4, -0.2) is 50.6 Å². The molecular formula is C15H24N4. The van der Waals surface area contributed by atoms with Crippen molar-refractivity contribution in [2.45, 2.75) is 13.8 Å². The first-order valence-corrected chi connectivity index (χ1v) is 7.01. The number of nitrogens with one attached hydrogen (secondary N) is 1. The van der Waals surface area contributed by atoms with E-state index in [-0.39, 0.29) is 0 Å². The van der Waals surface area contributed by atoms with Crippen LogP contribution >= 0.6 is 0 Å². The van der Waals surface area contributed by atoms with Gasteiger partial charge in [0.2, 0.25) is 0 Å². The molecule has 0 bridgehead atoms. The van der Waals surface area contributed by atoms with Crippen LogP contribution in [0, 0.1) is 6.92 Å². The summed E-state index contributed by atoms with van der Waals surface area (Å²) in [6.45, 7) is 9.20. The fourth-order valence-corrected chi connectivity index (χ4v) is 2.32. The van der Waals surface area contributed by atoms with Crippen LogP contribution in [-0.2, 0) is 0 Å². The van der Waals surface area contributed by atoms with Crippen molar-refractivity contribution in [1.82, 2.24) is 10.2 Å². The van der Waals surface area contributed by atoms with Gasteiger partial charge >= 0.3 is 0 Å². The predicted molar refractivity (Wildman–Crippen MR) is 82.0 cm³/mol. The van der Waals surface area contributed by atoms with Gasteiger partial charge in [0.1, 0.15) is 0 Å². The molecule has 1 aliphatic heterocycles. The van der Waals surface area contributed by atoms with Crippen LogP contribution in [0.3, 0.4) is 0 Å². The Balaban J connectivity index is 1.86. The standard InChI is InChI=1S/C15H24N4/c1-4-19(14-7-5-6-13(2)12-14)11-9-17-15-16-8-10-18(15)3/h5-7,12H,4,8-11H2,1-3H3,(H,16,17). The second-order valence-electron chi connectivity index (χ2n) is 4.97. The summed E-state index contributed by atoms with van der Waals surface area (Å²) in [5.74, 6) is 1.03. The van der Waals surface area contributed by atoms with E-state index in [4.69, 9.17) is 0 Å². The van der Waals surface area contributed by atoms with Crippen molar-refractivity contribution in [3.8, 4) is 0 Å². The van der Waals surface area contributed by atoms with Gasteiger partial charge in [0.05, 0.1) is 6.54 Å². The smallest absolute Gasteiger partial charge is 0.193 e. The monoisotopic (exact) mass is 260 g/mol. The number of rotatable bonds is 5. The zero-order valence-corrected chi connectivity index (χ0v) is 12.2. The third kappa shape index (κ3) is 3.63. The number of aryl methyl sites for hydroxylation is 1. The molecule has 104 valence electrons. The minimum atomic E-state index is 0.911. The lowest BCUT2D eigenvalue weighted by atomic mass is 10.2. The highest BCUT2D eigenvalue weighted by atomic mass is 15.3. The Hall–Kier alpha value is -1.71. The Morgan fingerprint density at radius 3 is 2.89 bits per heavy atom. The van der Waals surface area contributed by atoms with E-state index < -0.39 is 0 Å². The second kappa shape index (κ2) is 6.45. The molecule has 1 aromatic carbocycles. The Morgan fingerprint density at radius 2 is 2.26 bits per heavy atom. The lowest BCUT2D eigenvalue weighted by Crippen LogP contribution is -2.40. The summed E-state index contributed by atoms with van der Waals surface area (Å²) in [6, 6.07) is 8.67. The SMILES string of the molecule is CCN(CCNC1=NCCN1C)c1cccc(C)c1. The summed E-state index contributed by atoms with van der Waals surface area (Å²) < 4.78 is 0. The van der Waals surface area contributed by atoms with Gasteiger partial charge in [-0.25, -0.2) is 0 Å². The molecular weight excluding hydrogens is 236 g/mol. The third-order valence-electron chi connectivity index (χ3n) is 3.47. The average molecular weight is 260 g/mol. The van der Waals surface area contributed by atoms with E-state index in [2.05, 4.69) is 65.3 Å². The molecule has 2 rings (SSSR count). The largest absolute Gasteiger partial charge is 0.370 e. The molecule has 0 amide bonds. The van der Waals surface area contributed by atoms with Crippen LogP contribution in [0.25, 0.3) is 0 Å². The van der Waals surface area contributed by atoms with Crippen molar-refractivity contribution in [2.75, 3.05) is 44.7 Å². The van der Waals surface area contributed by atoms with Gasteiger partial charge < -0.3 is 15.1 Å². The number of likely N-dealkylation sites (N-methyl/N-ethyl adjacent to an activating group) is 2. The maximum atomic E-state index is 4.44. The fraction of sp³-hybridized carbons (Fsp3) is 0.533. The molecule has 1 heterocycles. The summed E-state index contributed by atoms with van der Waals surface area (Å²) in [5.41, 5.74) is 2.61. The Kier molecular flexibility index (Phi) is 4.66. The van der Waals surface area contributed by atoms with Crippen molar-refractivity contribution in [2.24, 2.45) is 4.99 Å². The van der Waals surface area contributed by atoms with E-state index in [0.717, 1.165) is 38.7 Å². The average Bonchev–Trinajstić information content (AvgIpc) is 2.80. The molecule has 19 heavy (non-hydrogen) atoms. The molecule has 0 radical (unpaired) electrons. The van der Waals surface area contributed by atoms with Gasteiger partial charge in [0.25, 0.3) is 0 Å². The molecule has 4 heteroatoms. The van der Waals surface area contributed by atoms with E-state index in [1.807, 2.05) is 0 Å². The van der Waals surface area contributed by atoms with Gasteiger partial charge in [-0.15, -0.1) is 0 Å². The number of guanidine groups is 1. The van der Waals surface area contributed by atoms with Crippen LogP contribution in [0.15, 0.2) is 29.3 Å². The Labute approximate surface area is 116 Å². The highest BCUT2D eigenvalue weighted by Gasteiger charge is 2.11. The number of nitrogens with zero attached hydrogens (tertiary/aromatic N) is 3. The normalized spacial score (nSPS) is 14.5. The van der Waals surface area contributed by atoms with Gasteiger partial charge in [-0.05, 0) is 31.5 Å². The highest BCUT2D eigenvalue weighted by Crippen LogP contribution is 2.14. The van der Waals surface area contributed by atoms with Crippen LogP contribution in [0.5, 0.6) is 0 Å². The first-order valence-electron chi connectivity index (χ1n) is 7.01. The molecule has 0 saturated heterocycles. The summed E-state index contributed by atoms with van der Waals surface area (Å²) in [7, 11) is 2.08. The third-order valence-corrected chi connectivity index (χ3v) is 3.47. The molecule has 0 aliphatic carbocycles. The Morgan fingerprint density at radius 1 is 1.42 bits per heavy atom. The molecule has 1 N–H and O–H groups in total. The zero-order chi connectivity index (χ0) is 13.7. The molecule has 0 fully saturated rings. The molecule has 4 nitrogen and oxygen atoms in total. The second-order valence-corrected chi connectivity index (χ2v) is 4.97. The maximum absolute atomic E-state index is 4.44. The molecule has 0 atom stereocenters. The number of hydrogen-bond acceptors (Lipinski definition) is 4. The summed E-state index contributed by atoms with van der Waals surface area (Å²) in [5, 5.41) is 3.41. The van der Waals surface area contributed by atoms with Crippen molar-refractivity contribution in [3.05, 3.63) is 29.8 Å². The number of anilines is 1. The van der Waals surface area contributed by atoms with Crippen LogP contribution in [0.1, 0.15) is 12.5 Å². The molecule has 1 aliphatic rings. The molecule has 0 unspecified atom stereocenters. The molecule has 0 saturated carbocycles. The summed E-state index contributed by atoms with van der Waals surface area (Å²) >= 11 is 0. The van der Waals surface area contributed by atoms with Crippen molar-refractivity contribution >= 4 is 11.6 Å². The summed E-state index contributed by atoms with van der Waals surface area (Å²) in [4.78, 5) is 8.99. The van der Waals surface area contributed by atoms with Crippen LogP contribution < -0.4 is 10.2 Å². The van der Waals surface area contributed by atoms with Gasteiger partial charge in [-0.1, -0.05) is 12.1 Å². The van der Waals surface area contributed by atoms with E-state index >= 15 is 0 Å². The quantitative estimate of drug-likeness (QED) is 0.874. The lowest BCUT2D eigenvalue weighted by Gasteiger charge is -2.24. The number of benzene rings is 1. The molecule has 1 aromatic rings. The minimum absolute atomic E-state index is 0.911. The van der Waals surface area contributed by atoms with Gasteiger partial charge in [-0.3, -0.25) is 4.99 Å². The first kappa shape index (κ1) is 13.7. The number of aliphatic imine (C=N–C) groups is 1. The first-order chi connectivity index (χ1) is 9.20. The van der Waals surface area contributed by atoms with Gasteiger partial charge in [0, 0.05) is 38.9 Å². The molecule has 0 spiro atoms. The molecule has 0 aromatic heterocycles. The van der Waals surface area contributed by atoms with Crippen molar-refractivity contribution in [1.29, 1.82) is 0 Å².